The summed E-state index contributed by atoms with van der Waals surface area (Å²) in [7, 11) is 0. The number of piperidine rings is 1. The van der Waals surface area contributed by atoms with Gasteiger partial charge in [-0.25, -0.2) is 4.98 Å². The van der Waals surface area contributed by atoms with Gasteiger partial charge in [0.2, 0.25) is 0 Å². The molecule has 1 aliphatic rings. The normalized spacial score (nSPS) is 15.0. The SMILES string of the molecule is CCc1cc(CN)cnc1N1CCC(Oc2cccc(C#N)c2)CC1. The number of hydrogen-bond acceptors (Lipinski definition) is 5. The molecule has 2 N–H and O–H groups in total. The van der Waals surface area contributed by atoms with Crippen LogP contribution in [0.3, 0.4) is 0 Å². The molecule has 0 amide bonds. The van der Waals surface area contributed by atoms with Gasteiger partial charge < -0.3 is 15.4 Å². The van der Waals surface area contributed by atoms with Crippen molar-refractivity contribution in [3.63, 3.8) is 0 Å². The number of nitrogens with zero attached hydrogens (tertiary/aromatic N) is 3. The average molecular weight is 336 g/mol. The fraction of sp³-hybridized carbons (Fsp3) is 0.400. The highest BCUT2D eigenvalue weighted by molar-refractivity contribution is 5.48. The van der Waals surface area contributed by atoms with Gasteiger partial charge in [0.15, 0.2) is 0 Å². The summed E-state index contributed by atoms with van der Waals surface area (Å²) in [5, 5.41) is 8.99. The highest BCUT2D eigenvalue weighted by atomic mass is 16.5. The van der Waals surface area contributed by atoms with E-state index in [0.717, 1.165) is 49.5 Å². The van der Waals surface area contributed by atoms with Crippen molar-refractivity contribution >= 4 is 5.82 Å². The smallest absolute Gasteiger partial charge is 0.131 e. The first kappa shape index (κ1) is 17.2. The van der Waals surface area contributed by atoms with Gasteiger partial charge in [0.25, 0.3) is 0 Å². The van der Waals surface area contributed by atoms with Crippen LogP contribution in [-0.4, -0.2) is 24.2 Å². The quantitative estimate of drug-likeness (QED) is 0.908. The summed E-state index contributed by atoms with van der Waals surface area (Å²) in [6.45, 7) is 4.52. The van der Waals surface area contributed by atoms with Crippen LogP contribution in [0.4, 0.5) is 5.82 Å². The van der Waals surface area contributed by atoms with Gasteiger partial charge >= 0.3 is 0 Å². The van der Waals surface area contributed by atoms with Crippen molar-refractivity contribution < 1.29 is 4.74 Å². The lowest BCUT2D eigenvalue weighted by molar-refractivity contribution is 0.170. The minimum absolute atomic E-state index is 0.179. The Hall–Kier alpha value is -2.58. The molecule has 3 rings (SSSR count). The summed E-state index contributed by atoms with van der Waals surface area (Å²) in [6.07, 6.45) is 4.90. The van der Waals surface area contributed by atoms with Gasteiger partial charge in [-0.15, -0.1) is 0 Å². The molecule has 0 spiro atoms. The van der Waals surface area contributed by atoms with Crippen molar-refractivity contribution in [2.45, 2.75) is 38.8 Å². The molecule has 25 heavy (non-hydrogen) atoms. The molecule has 0 bridgehead atoms. The summed E-state index contributed by atoms with van der Waals surface area (Å²) in [6, 6.07) is 11.7. The summed E-state index contributed by atoms with van der Waals surface area (Å²) in [5.41, 5.74) is 8.69. The zero-order chi connectivity index (χ0) is 17.6. The maximum Gasteiger partial charge on any atom is 0.131 e. The van der Waals surface area contributed by atoms with E-state index in [4.69, 9.17) is 15.7 Å². The van der Waals surface area contributed by atoms with E-state index in [0.29, 0.717) is 12.1 Å². The Morgan fingerprint density at radius 3 is 2.80 bits per heavy atom. The number of ether oxygens (including phenoxy) is 1. The first-order valence-electron chi connectivity index (χ1n) is 8.83. The van der Waals surface area contributed by atoms with Crippen LogP contribution in [-0.2, 0) is 13.0 Å². The molecule has 130 valence electrons. The van der Waals surface area contributed by atoms with E-state index >= 15 is 0 Å². The Morgan fingerprint density at radius 2 is 2.12 bits per heavy atom. The maximum absolute atomic E-state index is 8.99. The molecule has 2 aromatic rings. The Balaban J connectivity index is 1.63. The van der Waals surface area contributed by atoms with E-state index in [-0.39, 0.29) is 6.10 Å². The third-order valence-corrected chi connectivity index (χ3v) is 4.62. The number of aromatic nitrogens is 1. The number of aryl methyl sites for hydroxylation is 1. The van der Waals surface area contributed by atoms with Gasteiger partial charge in [0.05, 0.1) is 11.6 Å². The number of hydrogen-bond donors (Lipinski definition) is 1. The zero-order valence-electron chi connectivity index (χ0n) is 14.6. The van der Waals surface area contributed by atoms with Crippen molar-refractivity contribution in [1.29, 1.82) is 5.26 Å². The van der Waals surface area contributed by atoms with Gasteiger partial charge in [-0.2, -0.15) is 5.26 Å². The molecule has 0 radical (unpaired) electrons. The molecule has 0 saturated carbocycles. The highest BCUT2D eigenvalue weighted by Gasteiger charge is 2.23. The molecular weight excluding hydrogens is 312 g/mol. The van der Waals surface area contributed by atoms with Gasteiger partial charge in [-0.05, 0) is 41.8 Å². The van der Waals surface area contributed by atoms with Crippen molar-refractivity contribution in [3.05, 3.63) is 53.2 Å². The first-order chi connectivity index (χ1) is 12.2. The standard InChI is InChI=1S/C20H24N4O/c1-2-17-10-16(13-22)14-23-20(17)24-8-6-18(7-9-24)25-19-5-3-4-15(11-19)12-21/h3-5,10-11,14,18H,2,6-9,13,22H2,1H3. The van der Waals surface area contributed by atoms with E-state index in [2.05, 4.69) is 28.9 Å². The summed E-state index contributed by atoms with van der Waals surface area (Å²) < 4.78 is 6.06. The summed E-state index contributed by atoms with van der Waals surface area (Å²) in [4.78, 5) is 6.98. The zero-order valence-corrected chi connectivity index (χ0v) is 14.6. The lowest BCUT2D eigenvalue weighted by atomic mass is 10.1. The van der Waals surface area contributed by atoms with Crippen LogP contribution in [0.15, 0.2) is 36.5 Å². The number of benzene rings is 1. The van der Waals surface area contributed by atoms with Gasteiger partial charge in [0, 0.05) is 38.7 Å². The van der Waals surface area contributed by atoms with Crippen LogP contribution in [0.1, 0.15) is 36.5 Å². The Kier molecular flexibility index (Phi) is 5.52. The molecule has 2 heterocycles. The third-order valence-electron chi connectivity index (χ3n) is 4.62. The second-order valence-corrected chi connectivity index (χ2v) is 6.33. The Bertz CT molecular complexity index is 761. The molecule has 5 nitrogen and oxygen atoms in total. The topological polar surface area (TPSA) is 75.2 Å². The fourth-order valence-electron chi connectivity index (χ4n) is 3.23. The van der Waals surface area contributed by atoms with Crippen LogP contribution in [0.2, 0.25) is 0 Å². The van der Waals surface area contributed by atoms with Crippen LogP contribution in [0, 0.1) is 11.3 Å². The number of anilines is 1. The van der Waals surface area contributed by atoms with E-state index in [1.807, 2.05) is 18.3 Å². The van der Waals surface area contributed by atoms with Crippen LogP contribution in [0.5, 0.6) is 5.75 Å². The molecule has 0 aliphatic carbocycles. The minimum Gasteiger partial charge on any atom is -0.490 e. The van der Waals surface area contributed by atoms with Gasteiger partial charge in [-0.1, -0.05) is 13.0 Å². The number of nitriles is 1. The molecule has 1 saturated heterocycles. The summed E-state index contributed by atoms with van der Waals surface area (Å²) >= 11 is 0. The second kappa shape index (κ2) is 8.00. The van der Waals surface area contributed by atoms with E-state index < -0.39 is 0 Å². The lowest BCUT2D eigenvalue weighted by Gasteiger charge is -2.34. The third kappa shape index (κ3) is 4.09. The van der Waals surface area contributed by atoms with Crippen molar-refractivity contribution in [2.24, 2.45) is 5.73 Å². The molecule has 1 aromatic heterocycles. The van der Waals surface area contributed by atoms with E-state index in [1.165, 1.54) is 5.56 Å². The molecule has 1 aliphatic heterocycles. The molecule has 1 aromatic carbocycles. The second-order valence-electron chi connectivity index (χ2n) is 6.33. The monoisotopic (exact) mass is 336 g/mol. The largest absolute Gasteiger partial charge is 0.490 e. The number of rotatable bonds is 5. The molecule has 1 fully saturated rings. The highest BCUT2D eigenvalue weighted by Crippen LogP contribution is 2.25. The fourth-order valence-corrected chi connectivity index (χ4v) is 3.23. The maximum atomic E-state index is 8.99. The van der Waals surface area contributed by atoms with Crippen LogP contribution in [0.25, 0.3) is 0 Å². The van der Waals surface area contributed by atoms with Crippen LogP contribution >= 0.6 is 0 Å². The molecule has 0 unspecified atom stereocenters. The molecular formula is C20H24N4O. The van der Waals surface area contributed by atoms with Crippen molar-refractivity contribution in [3.8, 4) is 11.8 Å². The van der Waals surface area contributed by atoms with Crippen molar-refractivity contribution in [2.75, 3.05) is 18.0 Å². The average Bonchev–Trinajstić information content (AvgIpc) is 2.68. The minimum atomic E-state index is 0.179. The molecule has 0 atom stereocenters. The Labute approximate surface area is 149 Å². The number of pyridine rings is 1. The van der Waals surface area contributed by atoms with Crippen molar-refractivity contribution in [1.82, 2.24) is 4.98 Å². The lowest BCUT2D eigenvalue weighted by Crippen LogP contribution is -2.39. The first-order valence-corrected chi connectivity index (χ1v) is 8.83. The molecule has 5 heteroatoms. The van der Waals surface area contributed by atoms with E-state index in [9.17, 15) is 0 Å². The Morgan fingerprint density at radius 1 is 1.32 bits per heavy atom. The van der Waals surface area contributed by atoms with Gasteiger partial charge in [0.1, 0.15) is 17.7 Å². The van der Waals surface area contributed by atoms with Gasteiger partial charge in [-0.3, -0.25) is 0 Å². The summed E-state index contributed by atoms with van der Waals surface area (Å²) in [5.74, 6) is 1.85. The number of nitrogens with two attached hydrogens (primary N) is 1. The predicted molar refractivity (Wildman–Crippen MR) is 98.5 cm³/mol. The van der Waals surface area contributed by atoms with E-state index in [1.54, 1.807) is 12.1 Å². The van der Waals surface area contributed by atoms with Crippen LogP contribution < -0.4 is 15.4 Å². The predicted octanol–water partition coefficient (Wildman–Crippen LogP) is 3.02.